The fraction of sp³-hybridized carbons (Fsp3) is 0.182. The molecule has 0 N–H and O–H groups in total. The van der Waals surface area contributed by atoms with Crippen molar-refractivity contribution in [3.05, 3.63) is 102 Å². The zero-order valence-corrected chi connectivity index (χ0v) is 16.7. The quantitative estimate of drug-likeness (QED) is 0.522. The van der Waals surface area contributed by atoms with Crippen LogP contribution in [0.4, 0.5) is 4.39 Å². The summed E-state index contributed by atoms with van der Waals surface area (Å²) in [6.07, 6.45) is 1.96. The summed E-state index contributed by atoms with van der Waals surface area (Å²) in [4.78, 5) is 29.4. The van der Waals surface area contributed by atoms with E-state index in [1.54, 1.807) is 18.2 Å². The standard InChI is InChI=1S/C22H18FN3O2S/c1-13(2)16-7-3-15(4-8-16)12-19-21(28)26-22(29-19)24-20(27)18(25-26)11-14-5-9-17(23)10-6-14/h3-10,12-13H,11H2,1-2H3/b19-12+. The Morgan fingerprint density at radius 2 is 1.76 bits per heavy atom. The number of thiazole rings is 1. The number of hydrogen-bond acceptors (Lipinski definition) is 5. The molecule has 0 amide bonds. The maximum absolute atomic E-state index is 13.1. The molecule has 0 aliphatic heterocycles. The highest BCUT2D eigenvalue weighted by Gasteiger charge is 2.12. The molecule has 4 aromatic rings. The first-order chi connectivity index (χ1) is 13.9. The summed E-state index contributed by atoms with van der Waals surface area (Å²) in [6.45, 7) is 4.25. The van der Waals surface area contributed by atoms with Gasteiger partial charge in [0.25, 0.3) is 11.1 Å². The molecule has 0 bridgehead atoms. The van der Waals surface area contributed by atoms with Crippen molar-refractivity contribution in [2.75, 3.05) is 0 Å². The van der Waals surface area contributed by atoms with Gasteiger partial charge in [0.1, 0.15) is 11.5 Å². The predicted molar refractivity (Wildman–Crippen MR) is 112 cm³/mol. The monoisotopic (exact) mass is 407 g/mol. The van der Waals surface area contributed by atoms with Crippen LogP contribution in [-0.4, -0.2) is 14.6 Å². The van der Waals surface area contributed by atoms with Crippen molar-refractivity contribution < 1.29 is 4.39 Å². The Balaban J connectivity index is 1.74. The second kappa shape index (κ2) is 7.67. The third-order valence-electron chi connectivity index (χ3n) is 4.64. The smallest absolute Gasteiger partial charge is 0.266 e. The zero-order chi connectivity index (χ0) is 20.5. The van der Waals surface area contributed by atoms with E-state index in [-0.39, 0.29) is 28.5 Å². The van der Waals surface area contributed by atoms with Crippen LogP contribution in [-0.2, 0) is 6.42 Å². The predicted octanol–water partition coefficient (Wildman–Crippen LogP) is 2.91. The highest BCUT2D eigenvalue weighted by molar-refractivity contribution is 7.15. The lowest BCUT2D eigenvalue weighted by Gasteiger charge is -2.04. The van der Waals surface area contributed by atoms with Gasteiger partial charge in [0.15, 0.2) is 0 Å². The van der Waals surface area contributed by atoms with Crippen molar-refractivity contribution in [1.29, 1.82) is 0 Å². The highest BCUT2D eigenvalue weighted by Crippen LogP contribution is 2.15. The van der Waals surface area contributed by atoms with E-state index in [4.69, 9.17) is 0 Å². The molecule has 2 aromatic heterocycles. The Kier molecular flexibility index (Phi) is 5.07. The fourth-order valence-corrected chi connectivity index (χ4v) is 3.88. The molecule has 0 aliphatic rings. The summed E-state index contributed by atoms with van der Waals surface area (Å²) >= 11 is 1.13. The minimum atomic E-state index is -0.483. The van der Waals surface area contributed by atoms with Crippen molar-refractivity contribution in [1.82, 2.24) is 14.6 Å². The molecule has 4 rings (SSSR count). The molecule has 0 saturated carbocycles. The summed E-state index contributed by atoms with van der Waals surface area (Å²) < 4.78 is 14.7. The molecule has 29 heavy (non-hydrogen) atoms. The number of hydrogen-bond donors (Lipinski definition) is 0. The third kappa shape index (κ3) is 4.00. The average Bonchev–Trinajstić information content (AvgIpc) is 2.99. The van der Waals surface area contributed by atoms with E-state index in [0.29, 0.717) is 10.5 Å². The fourth-order valence-electron chi connectivity index (χ4n) is 2.98. The highest BCUT2D eigenvalue weighted by atomic mass is 32.1. The molecule has 0 saturated heterocycles. The van der Waals surface area contributed by atoms with E-state index in [0.717, 1.165) is 22.5 Å². The maximum atomic E-state index is 13.1. The SMILES string of the molecule is CC(C)c1ccc(/C=c2/sc3nc(=O)c(Cc4ccc(F)cc4)nn3c2=O)cc1. The normalized spacial score (nSPS) is 12.2. The van der Waals surface area contributed by atoms with Crippen LogP contribution in [0, 0.1) is 5.82 Å². The van der Waals surface area contributed by atoms with Gasteiger partial charge in [-0.1, -0.05) is 61.6 Å². The molecule has 7 heteroatoms. The minimum absolute atomic E-state index is 0.150. The van der Waals surface area contributed by atoms with Gasteiger partial charge in [0, 0.05) is 6.42 Å². The van der Waals surface area contributed by atoms with Crippen LogP contribution < -0.4 is 15.7 Å². The largest absolute Gasteiger partial charge is 0.296 e. The molecule has 0 spiro atoms. The van der Waals surface area contributed by atoms with Crippen molar-refractivity contribution in [2.24, 2.45) is 0 Å². The van der Waals surface area contributed by atoms with Gasteiger partial charge in [-0.15, -0.1) is 0 Å². The van der Waals surface area contributed by atoms with Gasteiger partial charge >= 0.3 is 0 Å². The number of rotatable bonds is 4. The van der Waals surface area contributed by atoms with Crippen molar-refractivity contribution >= 4 is 22.4 Å². The Hall–Kier alpha value is -3.19. The Bertz CT molecular complexity index is 1340. The topological polar surface area (TPSA) is 64.3 Å². The Labute approximate surface area is 169 Å². The van der Waals surface area contributed by atoms with Crippen LogP contribution in [0.2, 0.25) is 0 Å². The van der Waals surface area contributed by atoms with E-state index in [1.807, 2.05) is 24.3 Å². The van der Waals surface area contributed by atoms with E-state index in [2.05, 4.69) is 23.9 Å². The lowest BCUT2D eigenvalue weighted by Crippen LogP contribution is -2.28. The summed E-state index contributed by atoms with van der Waals surface area (Å²) in [5, 5.41) is 4.22. The van der Waals surface area contributed by atoms with Gasteiger partial charge in [0.2, 0.25) is 4.96 Å². The van der Waals surface area contributed by atoms with E-state index >= 15 is 0 Å². The van der Waals surface area contributed by atoms with Crippen LogP contribution in [0.5, 0.6) is 0 Å². The molecule has 0 radical (unpaired) electrons. The molecular formula is C22H18FN3O2S. The van der Waals surface area contributed by atoms with Gasteiger partial charge in [-0.2, -0.15) is 14.6 Å². The number of fused-ring (bicyclic) bond motifs is 1. The first-order valence-electron chi connectivity index (χ1n) is 9.19. The van der Waals surface area contributed by atoms with Crippen LogP contribution in [0.3, 0.4) is 0 Å². The Morgan fingerprint density at radius 1 is 1.07 bits per heavy atom. The van der Waals surface area contributed by atoms with E-state index < -0.39 is 5.56 Å². The average molecular weight is 407 g/mol. The molecule has 0 aliphatic carbocycles. The number of nitrogens with zero attached hydrogens (tertiary/aromatic N) is 3. The van der Waals surface area contributed by atoms with Gasteiger partial charge in [-0.05, 0) is 40.8 Å². The van der Waals surface area contributed by atoms with Gasteiger partial charge < -0.3 is 0 Å². The van der Waals surface area contributed by atoms with E-state index in [1.165, 1.54) is 22.2 Å². The van der Waals surface area contributed by atoms with E-state index in [9.17, 15) is 14.0 Å². The first-order valence-corrected chi connectivity index (χ1v) is 10.0. The lowest BCUT2D eigenvalue weighted by molar-refractivity contribution is 0.627. The van der Waals surface area contributed by atoms with Crippen molar-refractivity contribution in [3.8, 4) is 0 Å². The summed E-state index contributed by atoms with van der Waals surface area (Å²) in [5.74, 6) is 0.0793. The molecule has 146 valence electrons. The Morgan fingerprint density at radius 3 is 2.41 bits per heavy atom. The van der Waals surface area contributed by atoms with Crippen LogP contribution in [0.25, 0.3) is 11.0 Å². The van der Waals surface area contributed by atoms with Crippen LogP contribution >= 0.6 is 11.3 Å². The second-order valence-electron chi connectivity index (χ2n) is 7.10. The van der Waals surface area contributed by atoms with Crippen LogP contribution in [0.1, 0.15) is 42.1 Å². The minimum Gasteiger partial charge on any atom is -0.266 e. The second-order valence-corrected chi connectivity index (χ2v) is 8.11. The molecule has 0 atom stereocenters. The maximum Gasteiger partial charge on any atom is 0.296 e. The van der Waals surface area contributed by atoms with Gasteiger partial charge in [0.05, 0.1) is 4.53 Å². The molecule has 5 nitrogen and oxygen atoms in total. The van der Waals surface area contributed by atoms with Gasteiger partial charge in [-0.25, -0.2) is 4.39 Å². The zero-order valence-electron chi connectivity index (χ0n) is 15.9. The van der Waals surface area contributed by atoms with Crippen molar-refractivity contribution in [2.45, 2.75) is 26.2 Å². The van der Waals surface area contributed by atoms with Crippen LogP contribution in [0.15, 0.2) is 58.1 Å². The molecule has 0 fully saturated rings. The molecule has 2 aromatic carbocycles. The number of aromatic nitrogens is 3. The summed E-state index contributed by atoms with van der Waals surface area (Å²) in [7, 11) is 0. The van der Waals surface area contributed by atoms with Gasteiger partial charge in [-0.3, -0.25) is 9.59 Å². The third-order valence-corrected chi connectivity index (χ3v) is 5.60. The summed E-state index contributed by atoms with van der Waals surface area (Å²) in [5.41, 5.74) is 2.19. The summed E-state index contributed by atoms with van der Waals surface area (Å²) in [6, 6.07) is 13.8. The lowest BCUT2D eigenvalue weighted by atomic mass is 10.0. The molecule has 0 unspecified atom stereocenters. The molecule has 2 heterocycles. The first kappa shape index (κ1) is 19.1. The van der Waals surface area contributed by atoms with Crippen molar-refractivity contribution in [3.63, 3.8) is 0 Å². The molecular weight excluding hydrogens is 389 g/mol. The number of halogens is 1. The number of benzene rings is 2.